The van der Waals surface area contributed by atoms with Crippen LogP contribution in [0.2, 0.25) is 0 Å². The minimum absolute atomic E-state index is 0.0522. The lowest BCUT2D eigenvalue weighted by atomic mass is 9.87. The van der Waals surface area contributed by atoms with Crippen LogP contribution >= 0.6 is 0 Å². The van der Waals surface area contributed by atoms with Crippen LogP contribution < -0.4 is 4.74 Å². The first-order chi connectivity index (χ1) is 16.3. The highest BCUT2D eigenvalue weighted by atomic mass is 32.2. The predicted octanol–water partition coefficient (Wildman–Crippen LogP) is 4.79. The van der Waals surface area contributed by atoms with Gasteiger partial charge in [-0.2, -0.15) is 0 Å². The molecule has 5 rings (SSSR count). The second-order valence-electron chi connectivity index (χ2n) is 9.64. The zero-order valence-corrected chi connectivity index (χ0v) is 19.9. The van der Waals surface area contributed by atoms with Crippen molar-refractivity contribution in [2.24, 2.45) is 5.92 Å². The molecule has 1 aliphatic heterocycles. The number of hydrogen-bond donors (Lipinski definition) is 1. The molecule has 1 saturated carbocycles. The van der Waals surface area contributed by atoms with E-state index in [0.717, 1.165) is 16.7 Å². The van der Waals surface area contributed by atoms with Crippen molar-refractivity contribution in [2.45, 2.75) is 37.0 Å². The third-order valence-corrected chi connectivity index (χ3v) is 9.69. The van der Waals surface area contributed by atoms with Crippen molar-refractivity contribution in [1.29, 1.82) is 0 Å². The summed E-state index contributed by atoms with van der Waals surface area (Å²) in [4.78, 5) is 13.0. The summed E-state index contributed by atoms with van der Waals surface area (Å²) in [5, 5.41) is 11.0. The van der Waals surface area contributed by atoms with Gasteiger partial charge in [-0.05, 0) is 48.9 Å². The van der Waals surface area contributed by atoms with Crippen molar-refractivity contribution < 1.29 is 23.1 Å². The highest BCUT2D eigenvalue weighted by molar-refractivity contribution is 7.93. The smallest absolute Gasteiger partial charge is 0.178 e. The number of carbonyl (C=O) groups is 1. The normalized spacial score (nSPS) is 20.8. The summed E-state index contributed by atoms with van der Waals surface area (Å²) < 4.78 is 30.6. The SMILES string of the molecule is CC1(S(=O)(=O)CC(=O)c2ccccc2-c2ccc3c(c2)OC[C@@H](Cc2ccccc2)[C@@H]3O)CC1. The molecular formula is C28H28O5S. The first-order valence-electron chi connectivity index (χ1n) is 11.6. The molecule has 5 nitrogen and oxygen atoms in total. The fraction of sp³-hybridized carbons (Fsp3) is 0.321. The second kappa shape index (κ2) is 8.67. The monoisotopic (exact) mass is 476 g/mol. The average molecular weight is 477 g/mol. The number of ether oxygens (including phenoxy) is 1. The van der Waals surface area contributed by atoms with Crippen molar-refractivity contribution in [1.82, 2.24) is 0 Å². The minimum atomic E-state index is -3.49. The third kappa shape index (κ3) is 4.28. The van der Waals surface area contributed by atoms with Gasteiger partial charge in [-0.25, -0.2) is 8.42 Å². The van der Waals surface area contributed by atoms with E-state index in [1.807, 2.05) is 60.7 Å². The molecule has 0 saturated heterocycles. The molecule has 3 aromatic carbocycles. The lowest BCUT2D eigenvalue weighted by Gasteiger charge is -2.31. The van der Waals surface area contributed by atoms with Gasteiger partial charge in [-0.3, -0.25) is 4.79 Å². The Bertz CT molecular complexity index is 1330. The lowest BCUT2D eigenvalue weighted by Crippen LogP contribution is -2.28. The number of Topliss-reactive ketones (excluding diaryl/α,β-unsaturated/α-hetero) is 1. The molecule has 2 aliphatic rings. The van der Waals surface area contributed by atoms with Crippen LogP contribution in [0.5, 0.6) is 5.75 Å². The topological polar surface area (TPSA) is 80.7 Å². The number of fused-ring (bicyclic) bond motifs is 1. The Kier molecular flexibility index (Phi) is 5.82. The highest BCUT2D eigenvalue weighted by Gasteiger charge is 2.50. The largest absolute Gasteiger partial charge is 0.493 e. The van der Waals surface area contributed by atoms with E-state index in [1.54, 1.807) is 19.1 Å². The van der Waals surface area contributed by atoms with Crippen molar-refractivity contribution in [3.63, 3.8) is 0 Å². The number of hydrogen-bond acceptors (Lipinski definition) is 5. The van der Waals surface area contributed by atoms with Crippen LogP contribution in [0.25, 0.3) is 11.1 Å². The van der Waals surface area contributed by atoms with Crippen LogP contribution in [0.3, 0.4) is 0 Å². The van der Waals surface area contributed by atoms with E-state index in [-0.39, 0.29) is 5.92 Å². The lowest BCUT2D eigenvalue weighted by molar-refractivity contribution is 0.0508. The van der Waals surface area contributed by atoms with E-state index in [9.17, 15) is 18.3 Å². The zero-order chi connectivity index (χ0) is 23.9. The summed E-state index contributed by atoms with van der Waals surface area (Å²) in [6.07, 6.45) is 1.29. The zero-order valence-electron chi connectivity index (χ0n) is 19.1. The van der Waals surface area contributed by atoms with Gasteiger partial charge >= 0.3 is 0 Å². The molecule has 0 unspecified atom stereocenters. The molecule has 1 fully saturated rings. The van der Waals surface area contributed by atoms with Crippen LogP contribution in [0.15, 0.2) is 72.8 Å². The average Bonchev–Trinajstić information content (AvgIpc) is 3.60. The van der Waals surface area contributed by atoms with Gasteiger partial charge in [0.1, 0.15) is 11.5 Å². The van der Waals surface area contributed by atoms with Crippen molar-refractivity contribution in [2.75, 3.05) is 12.4 Å². The fourth-order valence-electron chi connectivity index (χ4n) is 4.59. The minimum Gasteiger partial charge on any atom is -0.493 e. The van der Waals surface area contributed by atoms with Crippen LogP contribution in [0, 0.1) is 5.92 Å². The maximum Gasteiger partial charge on any atom is 0.178 e. The highest BCUT2D eigenvalue weighted by Crippen LogP contribution is 2.44. The van der Waals surface area contributed by atoms with Gasteiger partial charge in [-0.1, -0.05) is 66.7 Å². The summed E-state index contributed by atoms with van der Waals surface area (Å²) >= 11 is 0. The molecule has 6 heteroatoms. The van der Waals surface area contributed by atoms with E-state index in [4.69, 9.17) is 4.74 Å². The first kappa shape index (κ1) is 22.8. The number of carbonyl (C=O) groups excluding carboxylic acids is 1. The molecule has 0 amide bonds. The van der Waals surface area contributed by atoms with Gasteiger partial charge in [0.05, 0.1) is 17.5 Å². The van der Waals surface area contributed by atoms with E-state index >= 15 is 0 Å². The van der Waals surface area contributed by atoms with Crippen LogP contribution in [-0.4, -0.2) is 36.4 Å². The summed E-state index contributed by atoms with van der Waals surface area (Å²) in [5.74, 6) is -0.342. The molecule has 34 heavy (non-hydrogen) atoms. The van der Waals surface area contributed by atoms with Gasteiger partial charge in [-0.15, -0.1) is 0 Å². The van der Waals surface area contributed by atoms with E-state index < -0.39 is 32.2 Å². The number of sulfone groups is 1. The molecule has 0 radical (unpaired) electrons. The Morgan fingerprint density at radius 2 is 1.74 bits per heavy atom. The Hall–Kier alpha value is -2.96. The van der Waals surface area contributed by atoms with Crippen molar-refractivity contribution in [3.8, 4) is 16.9 Å². The molecule has 1 heterocycles. The summed E-state index contributed by atoms with van der Waals surface area (Å²) in [7, 11) is -3.49. The quantitative estimate of drug-likeness (QED) is 0.496. The van der Waals surface area contributed by atoms with Gasteiger partial charge in [0, 0.05) is 17.0 Å². The van der Waals surface area contributed by atoms with E-state index in [0.29, 0.717) is 42.7 Å². The maximum absolute atomic E-state index is 13.0. The summed E-state index contributed by atoms with van der Waals surface area (Å²) in [5.41, 5.74) is 3.68. The van der Waals surface area contributed by atoms with Crippen LogP contribution in [0.4, 0.5) is 0 Å². The number of aliphatic hydroxyl groups is 1. The Labute approximate surface area is 200 Å². The van der Waals surface area contributed by atoms with Gasteiger partial charge in [0.25, 0.3) is 0 Å². The van der Waals surface area contributed by atoms with Crippen molar-refractivity contribution >= 4 is 15.6 Å². The second-order valence-corrected chi connectivity index (χ2v) is 12.1. The number of ketones is 1. The Balaban J connectivity index is 1.40. The Morgan fingerprint density at radius 1 is 1.03 bits per heavy atom. The molecule has 0 aromatic heterocycles. The first-order valence-corrected chi connectivity index (χ1v) is 13.3. The third-order valence-electron chi connectivity index (χ3n) is 7.14. The van der Waals surface area contributed by atoms with E-state index in [1.165, 1.54) is 0 Å². The number of aliphatic hydroxyl groups excluding tert-OH is 1. The standard InChI is InChI=1S/C28H28O5S/c1-28(13-14-28)34(31,32)18-25(29)23-10-6-5-9-22(23)20-11-12-24-26(16-20)33-17-21(27(24)30)15-19-7-3-2-4-8-19/h2-12,16,21,27,30H,13-15,17-18H2,1H3/t21-,27+/m1/s1. The van der Waals surface area contributed by atoms with Crippen molar-refractivity contribution in [3.05, 3.63) is 89.5 Å². The maximum atomic E-state index is 13.0. The molecular weight excluding hydrogens is 448 g/mol. The summed E-state index contributed by atoms with van der Waals surface area (Å²) in [6.45, 7) is 2.10. The van der Waals surface area contributed by atoms with Crippen LogP contribution in [0.1, 0.15) is 47.4 Å². The van der Waals surface area contributed by atoms with E-state index in [2.05, 4.69) is 0 Å². The number of rotatable bonds is 7. The molecule has 176 valence electrons. The Morgan fingerprint density at radius 3 is 2.47 bits per heavy atom. The predicted molar refractivity (Wildman–Crippen MR) is 132 cm³/mol. The molecule has 3 aromatic rings. The fourth-order valence-corrected chi connectivity index (χ4v) is 6.16. The molecule has 0 bridgehead atoms. The van der Waals surface area contributed by atoms with Gasteiger partial charge in [0.2, 0.25) is 0 Å². The molecule has 1 aliphatic carbocycles. The number of benzene rings is 3. The molecule has 2 atom stereocenters. The van der Waals surface area contributed by atoms with Crippen LogP contribution in [-0.2, 0) is 16.3 Å². The summed E-state index contributed by atoms with van der Waals surface area (Å²) in [6, 6.07) is 22.6. The molecule has 0 spiro atoms. The van der Waals surface area contributed by atoms with Gasteiger partial charge in [0.15, 0.2) is 15.6 Å². The molecule has 1 N–H and O–H groups in total. The van der Waals surface area contributed by atoms with Gasteiger partial charge < -0.3 is 9.84 Å².